The van der Waals surface area contributed by atoms with E-state index in [9.17, 15) is 27.2 Å². The van der Waals surface area contributed by atoms with Crippen molar-refractivity contribution in [3.8, 4) is 5.75 Å². The van der Waals surface area contributed by atoms with Gasteiger partial charge >= 0.3 is 12.1 Å². The number of rotatable bonds is 15. The van der Waals surface area contributed by atoms with Gasteiger partial charge in [0.25, 0.3) is 5.91 Å². The van der Waals surface area contributed by atoms with E-state index < -0.39 is 53.2 Å². The molecule has 16 heteroatoms. The number of carbonyl (C=O) groups excluding carboxylic acids is 2. The molecule has 4 rings (SSSR count). The van der Waals surface area contributed by atoms with Gasteiger partial charge in [0.2, 0.25) is 5.90 Å². The Bertz CT molecular complexity index is 1770. The lowest BCUT2D eigenvalue weighted by Gasteiger charge is -2.32. The van der Waals surface area contributed by atoms with Gasteiger partial charge in [-0.15, -0.1) is 0 Å². The first-order chi connectivity index (χ1) is 24.1. The highest BCUT2D eigenvalue weighted by molar-refractivity contribution is 6.01. The van der Waals surface area contributed by atoms with E-state index in [-0.39, 0.29) is 44.1 Å². The number of alkyl halides is 3. The van der Waals surface area contributed by atoms with Gasteiger partial charge < -0.3 is 19.3 Å². The van der Waals surface area contributed by atoms with E-state index in [1.807, 2.05) is 0 Å². The van der Waals surface area contributed by atoms with Crippen LogP contribution < -0.4 is 15.6 Å². The molecular formula is C35H38F4N6O6. The number of amides is 1. The molecule has 272 valence electrons. The third-order valence-corrected chi connectivity index (χ3v) is 7.58. The second-order valence-electron chi connectivity index (χ2n) is 12.6. The smallest absolute Gasteiger partial charge is 0.416 e. The van der Waals surface area contributed by atoms with Crippen LogP contribution in [0.4, 0.5) is 17.6 Å². The second-order valence-corrected chi connectivity index (χ2v) is 12.6. The summed E-state index contributed by atoms with van der Waals surface area (Å²) in [5.41, 5.74) is 11.4. The Morgan fingerprint density at radius 2 is 1.82 bits per heavy atom. The number of benzene rings is 3. The van der Waals surface area contributed by atoms with Gasteiger partial charge in [0, 0.05) is 36.5 Å². The molecule has 0 fully saturated rings. The lowest BCUT2D eigenvalue weighted by atomic mass is 9.82. The molecule has 1 aliphatic heterocycles. The minimum atomic E-state index is -4.79. The van der Waals surface area contributed by atoms with E-state index in [0.717, 1.165) is 12.1 Å². The fourth-order valence-electron chi connectivity index (χ4n) is 5.33. The number of nitrogens with one attached hydrogen (secondary N) is 2. The minimum Gasteiger partial charge on any atom is -0.494 e. The molecule has 0 saturated carbocycles. The third-order valence-electron chi connectivity index (χ3n) is 7.58. The fourth-order valence-corrected chi connectivity index (χ4v) is 5.33. The average molecular weight is 715 g/mol. The topological polar surface area (TPSA) is 167 Å². The summed E-state index contributed by atoms with van der Waals surface area (Å²) in [5, 5.41) is 12.7. The van der Waals surface area contributed by atoms with Crippen LogP contribution in [0.3, 0.4) is 0 Å². The number of nitrogens with zero attached hydrogens (tertiary/aromatic N) is 4. The molecule has 0 radical (unpaired) electrons. The number of hydrogen-bond donors (Lipinski definition) is 3. The van der Waals surface area contributed by atoms with Gasteiger partial charge in [0.15, 0.2) is 11.6 Å². The highest BCUT2D eigenvalue weighted by Crippen LogP contribution is 2.44. The van der Waals surface area contributed by atoms with Crippen molar-refractivity contribution >= 4 is 17.8 Å². The number of ether oxygens (including phenoxy) is 3. The first-order valence-corrected chi connectivity index (χ1v) is 16.0. The molecule has 0 unspecified atom stereocenters. The number of aliphatic imine (C=N–C) groups is 1. The highest BCUT2D eigenvalue weighted by atomic mass is 19.4. The van der Waals surface area contributed by atoms with Crippen molar-refractivity contribution in [3.05, 3.63) is 111 Å². The summed E-state index contributed by atoms with van der Waals surface area (Å²) in [5.74, 6) is -2.02. The molecule has 0 spiro atoms. The molecule has 3 aromatic rings. The molecular weight excluding hydrogens is 676 g/mol. The largest absolute Gasteiger partial charge is 0.494 e. The minimum absolute atomic E-state index is 0.0276. The van der Waals surface area contributed by atoms with E-state index in [4.69, 9.17) is 29.8 Å². The normalized spacial score (nSPS) is 17.2. The molecule has 12 nitrogen and oxygen atoms in total. The molecule has 3 aromatic carbocycles. The van der Waals surface area contributed by atoms with Gasteiger partial charge in [-0.2, -0.15) is 13.2 Å². The van der Waals surface area contributed by atoms with Crippen LogP contribution in [0.2, 0.25) is 0 Å². The highest BCUT2D eigenvalue weighted by Gasteiger charge is 2.54. The Hall–Kier alpha value is -5.18. The van der Waals surface area contributed by atoms with Crippen LogP contribution in [-0.4, -0.2) is 47.2 Å². The van der Waals surface area contributed by atoms with Crippen LogP contribution in [0.25, 0.3) is 10.4 Å². The zero-order chi connectivity index (χ0) is 37.2. The Labute approximate surface area is 291 Å². The zero-order valence-electron chi connectivity index (χ0n) is 28.2. The number of carbonyl (C=O) groups is 2. The maximum Gasteiger partial charge on any atom is 0.416 e. The van der Waals surface area contributed by atoms with Crippen molar-refractivity contribution < 1.29 is 46.5 Å². The Morgan fingerprint density at radius 1 is 1.10 bits per heavy atom. The summed E-state index contributed by atoms with van der Waals surface area (Å²) in [4.78, 5) is 35.0. The number of aliphatic hydroxyl groups excluding tert-OH is 1. The van der Waals surface area contributed by atoms with E-state index >= 15 is 0 Å². The number of hydrazine groups is 1. The average Bonchev–Trinajstić information content (AvgIpc) is 3.46. The number of hydrogen-bond acceptors (Lipinski definition) is 9. The maximum absolute atomic E-state index is 14.3. The molecule has 0 aromatic heterocycles. The van der Waals surface area contributed by atoms with Crippen molar-refractivity contribution in [1.29, 1.82) is 0 Å². The van der Waals surface area contributed by atoms with Crippen molar-refractivity contribution in [1.82, 2.24) is 10.9 Å². The van der Waals surface area contributed by atoms with Gasteiger partial charge in [0.05, 0.1) is 18.7 Å². The molecule has 0 saturated heterocycles. The first kappa shape index (κ1) is 38.6. The van der Waals surface area contributed by atoms with Crippen LogP contribution in [0, 0.1) is 5.82 Å². The van der Waals surface area contributed by atoms with E-state index in [1.165, 1.54) is 0 Å². The Kier molecular flexibility index (Phi) is 12.6. The molecule has 1 aliphatic rings. The van der Waals surface area contributed by atoms with Crippen LogP contribution >= 0.6 is 0 Å². The summed E-state index contributed by atoms with van der Waals surface area (Å²) in [7, 11) is 0. The molecule has 1 amide bonds. The molecule has 2 atom stereocenters. The van der Waals surface area contributed by atoms with Crippen molar-refractivity contribution in [2.45, 2.75) is 76.5 Å². The summed E-state index contributed by atoms with van der Waals surface area (Å²) in [6, 6.07) is 15.4. The Morgan fingerprint density at radius 3 is 2.49 bits per heavy atom. The van der Waals surface area contributed by atoms with E-state index in [0.29, 0.717) is 34.9 Å². The number of halogens is 4. The van der Waals surface area contributed by atoms with Gasteiger partial charge in [-0.3, -0.25) is 15.0 Å². The molecule has 51 heavy (non-hydrogen) atoms. The monoisotopic (exact) mass is 714 g/mol. The van der Waals surface area contributed by atoms with Crippen molar-refractivity contribution in [2.75, 3.05) is 13.2 Å². The second kappa shape index (κ2) is 16.7. The summed E-state index contributed by atoms with van der Waals surface area (Å²) in [6.45, 7) is 4.81. The van der Waals surface area contributed by atoms with Gasteiger partial charge in [-0.25, -0.2) is 14.8 Å². The Balaban J connectivity index is 1.75. The molecule has 0 bridgehead atoms. The van der Waals surface area contributed by atoms with Crippen LogP contribution in [-0.2, 0) is 38.3 Å². The lowest BCUT2D eigenvalue weighted by molar-refractivity contribution is -0.155. The lowest BCUT2D eigenvalue weighted by Crippen LogP contribution is -2.53. The number of esters is 1. The SMILES string of the molecule is CC(C)(C)OC(=O)CC[C@]1(C(=O)NNCc2cc(F)cc(C(F)(F)F)c2)N=C(c2ccc(OCCCO)cc2)O[C@H]1c1ccccc1CN=[N+]=[N-]. The molecule has 1 heterocycles. The van der Waals surface area contributed by atoms with Gasteiger partial charge in [0.1, 0.15) is 17.2 Å². The van der Waals surface area contributed by atoms with Crippen molar-refractivity contribution in [2.24, 2.45) is 10.1 Å². The van der Waals surface area contributed by atoms with Gasteiger partial charge in [-0.1, -0.05) is 29.4 Å². The summed E-state index contributed by atoms with van der Waals surface area (Å²) >= 11 is 0. The van der Waals surface area contributed by atoms with Crippen LogP contribution in [0.1, 0.15) is 74.0 Å². The first-order valence-electron chi connectivity index (χ1n) is 16.0. The standard InChI is InChI=1S/C35H38F4N6O6/c1-33(2,3)51-29(47)13-14-34(32(48)44-41-20-22-17-25(35(37,38)39)19-26(36)18-22)30(28-8-5-4-7-24(28)21-42-45-40)50-31(43-34)23-9-11-27(12-10-23)49-16-6-15-46/h4-5,7-12,17-19,30,41,46H,6,13-16,20-21H2,1-3H3,(H,44,48)/t30-,34-/m0/s1. The third kappa shape index (κ3) is 10.4. The number of aliphatic hydroxyl groups is 1. The van der Waals surface area contributed by atoms with Crippen molar-refractivity contribution in [3.63, 3.8) is 0 Å². The predicted octanol–water partition coefficient (Wildman–Crippen LogP) is 6.62. The van der Waals surface area contributed by atoms with Crippen LogP contribution in [0.15, 0.2) is 76.8 Å². The number of azide groups is 1. The van der Waals surface area contributed by atoms with E-state index in [2.05, 4.69) is 20.9 Å². The summed E-state index contributed by atoms with van der Waals surface area (Å²) in [6.07, 6.45) is -6.11. The predicted molar refractivity (Wildman–Crippen MR) is 177 cm³/mol. The quantitative estimate of drug-likeness (QED) is 0.0303. The zero-order valence-corrected chi connectivity index (χ0v) is 28.2. The van der Waals surface area contributed by atoms with E-state index in [1.54, 1.807) is 69.3 Å². The molecule has 3 N–H and O–H groups in total. The van der Waals surface area contributed by atoms with Crippen LogP contribution in [0.5, 0.6) is 5.75 Å². The molecule has 0 aliphatic carbocycles. The van der Waals surface area contributed by atoms with Gasteiger partial charge in [-0.05, 0) is 91.9 Å². The fraction of sp³-hybridized carbons (Fsp3) is 0.400. The summed E-state index contributed by atoms with van der Waals surface area (Å²) < 4.78 is 71.6. The maximum atomic E-state index is 14.3.